The molecule has 1 aliphatic heterocycles. The zero-order chi connectivity index (χ0) is 13.7. The highest BCUT2D eigenvalue weighted by molar-refractivity contribution is 6.02. The predicted molar refractivity (Wildman–Crippen MR) is 71.0 cm³/mol. The molecule has 0 radical (unpaired) electrons. The van der Waals surface area contributed by atoms with Crippen LogP contribution < -0.4 is 16.4 Å². The molecule has 19 heavy (non-hydrogen) atoms. The largest absolute Gasteiger partial charge is 0.381 e. The molecule has 0 saturated carbocycles. The molecule has 0 unspecified atom stereocenters. The van der Waals surface area contributed by atoms with Gasteiger partial charge in [-0.1, -0.05) is 12.1 Å². The summed E-state index contributed by atoms with van der Waals surface area (Å²) in [5.41, 5.74) is 5.96. The summed E-state index contributed by atoms with van der Waals surface area (Å²) in [7, 11) is 0. The van der Waals surface area contributed by atoms with E-state index < -0.39 is 5.91 Å². The van der Waals surface area contributed by atoms with Crippen molar-refractivity contribution in [2.45, 2.75) is 18.9 Å². The highest BCUT2D eigenvalue weighted by atomic mass is 16.5. The molecule has 6 nitrogen and oxygen atoms in total. The van der Waals surface area contributed by atoms with E-state index in [1.165, 1.54) is 0 Å². The summed E-state index contributed by atoms with van der Waals surface area (Å²) in [5, 5.41) is 5.50. The van der Waals surface area contributed by atoms with Crippen molar-refractivity contribution in [3.8, 4) is 0 Å². The average molecular weight is 263 g/mol. The van der Waals surface area contributed by atoms with Gasteiger partial charge in [0.05, 0.1) is 11.3 Å². The van der Waals surface area contributed by atoms with E-state index in [1.807, 2.05) is 0 Å². The van der Waals surface area contributed by atoms with Gasteiger partial charge in [0, 0.05) is 19.3 Å². The molecule has 1 aromatic rings. The minimum absolute atomic E-state index is 0.106. The normalized spacial score (nSPS) is 15.8. The first-order valence-corrected chi connectivity index (χ1v) is 6.21. The summed E-state index contributed by atoms with van der Waals surface area (Å²) >= 11 is 0. The van der Waals surface area contributed by atoms with E-state index in [0.29, 0.717) is 24.5 Å². The molecule has 6 heteroatoms. The second kappa shape index (κ2) is 6.19. The van der Waals surface area contributed by atoms with Gasteiger partial charge in [-0.25, -0.2) is 4.79 Å². The number of urea groups is 1. The number of primary amides is 1. The molecule has 0 bridgehead atoms. The van der Waals surface area contributed by atoms with E-state index in [4.69, 9.17) is 10.5 Å². The third-order valence-electron chi connectivity index (χ3n) is 3.00. The van der Waals surface area contributed by atoms with Crippen LogP contribution in [0, 0.1) is 0 Å². The first kappa shape index (κ1) is 13.4. The van der Waals surface area contributed by atoms with E-state index >= 15 is 0 Å². The Morgan fingerprint density at radius 3 is 2.58 bits per heavy atom. The fourth-order valence-electron chi connectivity index (χ4n) is 1.99. The summed E-state index contributed by atoms with van der Waals surface area (Å²) in [4.78, 5) is 23.1. The first-order valence-electron chi connectivity index (χ1n) is 6.21. The minimum atomic E-state index is -0.568. The van der Waals surface area contributed by atoms with Crippen LogP contribution in [-0.2, 0) is 4.74 Å². The summed E-state index contributed by atoms with van der Waals surface area (Å²) in [6.07, 6.45) is 1.59. The van der Waals surface area contributed by atoms with E-state index in [0.717, 1.165) is 12.8 Å². The monoisotopic (exact) mass is 263 g/mol. The topological polar surface area (TPSA) is 93.5 Å². The van der Waals surface area contributed by atoms with Crippen LogP contribution in [0.15, 0.2) is 24.3 Å². The van der Waals surface area contributed by atoms with Crippen molar-refractivity contribution in [1.82, 2.24) is 5.32 Å². The number of rotatable bonds is 3. The number of para-hydroxylation sites is 1. The molecule has 1 fully saturated rings. The maximum atomic E-state index is 11.8. The molecule has 1 heterocycles. The predicted octanol–water partition coefficient (Wildman–Crippen LogP) is 1.09. The van der Waals surface area contributed by atoms with Gasteiger partial charge in [-0.2, -0.15) is 0 Å². The van der Waals surface area contributed by atoms with Crippen LogP contribution in [0.25, 0.3) is 0 Å². The van der Waals surface area contributed by atoms with E-state index in [2.05, 4.69) is 10.6 Å². The number of benzene rings is 1. The van der Waals surface area contributed by atoms with Gasteiger partial charge in [-0.3, -0.25) is 4.79 Å². The third-order valence-corrected chi connectivity index (χ3v) is 3.00. The summed E-state index contributed by atoms with van der Waals surface area (Å²) in [6.45, 7) is 1.31. The average Bonchev–Trinajstić information content (AvgIpc) is 2.40. The number of nitrogens with two attached hydrogens (primary N) is 1. The van der Waals surface area contributed by atoms with Crippen molar-refractivity contribution < 1.29 is 14.3 Å². The smallest absolute Gasteiger partial charge is 0.319 e. The molecule has 1 aliphatic rings. The van der Waals surface area contributed by atoms with Gasteiger partial charge in [0.1, 0.15) is 0 Å². The first-order chi connectivity index (χ1) is 9.16. The van der Waals surface area contributed by atoms with Crippen molar-refractivity contribution in [3.63, 3.8) is 0 Å². The molecule has 0 aliphatic carbocycles. The minimum Gasteiger partial charge on any atom is -0.381 e. The van der Waals surface area contributed by atoms with Crippen LogP contribution in [0.1, 0.15) is 23.2 Å². The quantitative estimate of drug-likeness (QED) is 0.762. The zero-order valence-electron chi connectivity index (χ0n) is 10.5. The Balaban J connectivity index is 1.96. The van der Waals surface area contributed by atoms with Gasteiger partial charge in [0.2, 0.25) is 0 Å². The van der Waals surface area contributed by atoms with Crippen molar-refractivity contribution in [2.24, 2.45) is 5.73 Å². The van der Waals surface area contributed by atoms with Gasteiger partial charge in [0.15, 0.2) is 0 Å². The number of hydrogen-bond acceptors (Lipinski definition) is 3. The molecule has 4 N–H and O–H groups in total. The molecule has 0 aromatic heterocycles. The molecule has 3 amide bonds. The molecule has 1 aromatic carbocycles. The van der Waals surface area contributed by atoms with Gasteiger partial charge in [-0.05, 0) is 25.0 Å². The number of carbonyl (C=O) groups is 2. The van der Waals surface area contributed by atoms with Gasteiger partial charge in [-0.15, -0.1) is 0 Å². The van der Waals surface area contributed by atoms with E-state index in [-0.39, 0.29) is 12.1 Å². The highest BCUT2D eigenvalue weighted by Gasteiger charge is 2.17. The SMILES string of the molecule is NC(=O)c1ccccc1NC(=O)NC1CCOCC1. The van der Waals surface area contributed by atoms with Gasteiger partial charge in [0.25, 0.3) is 5.91 Å². The number of amides is 3. The summed E-state index contributed by atoms with van der Waals surface area (Å²) < 4.78 is 5.22. The van der Waals surface area contributed by atoms with Crippen LogP contribution in [0.5, 0.6) is 0 Å². The lowest BCUT2D eigenvalue weighted by atomic mass is 10.1. The lowest BCUT2D eigenvalue weighted by molar-refractivity contribution is 0.0806. The van der Waals surface area contributed by atoms with Crippen LogP contribution >= 0.6 is 0 Å². The fraction of sp³-hybridized carbons (Fsp3) is 0.385. The molecule has 2 rings (SSSR count). The number of hydrogen-bond donors (Lipinski definition) is 3. The Morgan fingerprint density at radius 1 is 1.21 bits per heavy atom. The van der Waals surface area contributed by atoms with E-state index in [9.17, 15) is 9.59 Å². The maximum absolute atomic E-state index is 11.8. The number of carbonyl (C=O) groups excluding carboxylic acids is 2. The van der Waals surface area contributed by atoms with E-state index in [1.54, 1.807) is 24.3 Å². The maximum Gasteiger partial charge on any atom is 0.319 e. The fourth-order valence-corrected chi connectivity index (χ4v) is 1.99. The van der Waals surface area contributed by atoms with Crippen molar-refractivity contribution in [3.05, 3.63) is 29.8 Å². The van der Waals surface area contributed by atoms with Gasteiger partial charge >= 0.3 is 6.03 Å². The second-order valence-electron chi connectivity index (χ2n) is 4.39. The molecule has 102 valence electrons. The zero-order valence-corrected chi connectivity index (χ0v) is 10.5. The van der Waals surface area contributed by atoms with Gasteiger partial charge < -0.3 is 21.1 Å². The lowest BCUT2D eigenvalue weighted by Gasteiger charge is -2.23. The Hall–Kier alpha value is -2.08. The molecule has 0 spiro atoms. The molecular formula is C13H17N3O3. The van der Waals surface area contributed by atoms with Crippen molar-refractivity contribution in [2.75, 3.05) is 18.5 Å². The van der Waals surface area contributed by atoms with Crippen LogP contribution in [0.2, 0.25) is 0 Å². The molecule has 1 saturated heterocycles. The Labute approximate surface area is 111 Å². The number of nitrogens with one attached hydrogen (secondary N) is 2. The Morgan fingerprint density at radius 2 is 1.89 bits per heavy atom. The summed E-state index contributed by atoms with van der Waals surface area (Å²) in [6, 6.07) is 6.42. The van der Waals surface area contributed by atoms with Crippen LogP contribution in [0.4, 0.5) is 10.5 Å². The second-order valence-corrected chi connectivity index (χ2v) is 4.39. The lowest BCUT2D eigenvalue weighted by Crippen LogP contribution is -2.41. The number of anilines is 1. The Kier molecular flexibility index (Phi) is 4.35. The van der Waals surface area contributed by atoms with Crippen molar-refractivity contribution >= 4 is 17.6 Å². The highest BCUT2D eigenvalue weighted by Crippen LogP contribution is 2.14. The third kappa shape index (κ3) is 3.69. The number of ether oxygens (including phenoxy) is 1. The van der Waals surface area contributed by atoms with Crippen LogP contribution in [-0.4, -0.2) is 31.2 Å². The molecular weight excluding hydrogens is 246 g/mol. The standard InChI is InChI=1S/C13H17N3O3/c14-12(17)10-3-1-2-4-11(10)16-13(18)15-9-5-7-19-8-6-9/h1-4,9H,5-8H2,(H2,14,17)(H2,15,16,18). The Bertz CT molecular complexity index is 470. The van der Waals surface area contributed by atoms with Crippen molar-refractivity contribution in [1.29, 1.82) is 0 Å². The van der Waals surface area contributed by atoms with Crippen LogP contribution in [0.3, 0.4) is 0 Å². The summed E-state index contributed by atoms with van der Waals surface area (Å²) in [5.74, 6) is -0.568. The molecule has 0 atom stereocenters.